The molecular weight excluding hydrogens is 388 g/mol. The standard InChI is InChI=1S/C22H28N2O4S/c1-16-4-6-21(7-5-16)29(26,27)24-10-8-19(9-11-24)23-22(25)15-28-20-13-17(2)12-18(3)14-20/h4-7,12-14,19H,8-11,15H2,1-3H3,(H,23,25). The van der Waals surface area contributed by atoms with Crippen molar-refractivity contribution in [2.75, 3.05) is 19.7 Å². The lowest BCUT2D eigenvalue weighted by Crippen LogP contribution is -2.47. The Morgan fingerprint density at radius 2 is 1.59 bits per heavy atom. The number of carbonyl (C=O) groups is 1. The van der Waals surface area contributed by atoms with Gasteiger partial charge in [-0.1, -0.05) is 23.8 Å². The van der Waals surface area contributed by atoms with Gasteiger partial charge in [0.15, 0.2) is 6.61 Å². The smallest absolute Gasteiger partial charge is 0.258 e. The minimum atomic E-state index is -3.49. The van der Waals surface area contributed by atoms with Gasteiger partial charge >= 0.3 is 0 Å². The second-order valence-corrected chi connectivity index (χ2v) is 9.61. The van der Waals surface area contributed by atoms with Crippen LogP contribution in [0.1, 0.15) is 29.5 Å². The Morgan fingerprint density at radius 3 is 2.17 bits per heavy atom. The van der Waals surface area contributed by atoms with E-state index < -0.39 is 10.0 Å². The monoisotopic (exact) mass is 416 g/mol. The Labute approximate surface area is 172 Å². The highest BCUT2D eigenvalue weighted by Crippen LogP contribution is 2.21. The molecule has 1 saturated heterocycles. The molecule has 0 radical (unpaired) electrons. The fraction of sp³-hybridized carbons (Fsp3) is 0.409. The molecule has 0 unspecified atom stereocenters. The van der Waals surface area contributed by atoms with Crippen molar-refractivity contribution in [3.05, 3.63) is 59.2 Å². The molecule has 0 spiro atoms. The number of rotatable bonds is 6. The summed E-state index contributed by atoms with van der Waals surface area (Å²) in [5.41, 5.74) is 3.19. The zero-order valence-electron chi connectivity index (χ0n) is 17.1. The van der Waals surface area contributed by atoms with E-state index in [4.69, 9.17) is 4.74 Å². The van der Waals surface area contributed by atoms with Crippen LogP contribution in [0.15, 0.2) is 47.4 Å². The molecule has 2 aromatic carbocycles. The third-order valence-corrected chi connectivity index (χ3v) is 6.96. The first-order valence-electron chi connectivity index (χ1n) is 9.81. The molecular formula is C22H28N2O4S. The van der Waals surface area contributed by atoms with Gasteiger partial charge < -0.3 is 10.1 Å². The average molecular weight is 417 g/mol. The van der Waals surface area contributed by atoms with Crippen LogP contribution in [0.5, 0.6) is 5.75 Å². The van der Waals surface area contributed by atoms with E-state index in [9.17, 15) is 13.2 Å². The van der Waals surface area contributed by atoms with Gasteiger partial charge in [-0.3, -0.25) is 4.79 Å². The van der Waals surface area contributed by atoms with Gasteiger partial charge in [0, 0.05) is 19.1 Å². The molecule has 6 nitrogen and oxygen atoms in total. The number of hydrogen-bond acceptors (Lipinski definition) is 4. The third-order valence-electron chi connectivity index (χ3n) is 5.04. The van der Waals surface area contributed by atoms with Crippen molar-refractivity contribution in [1.29, 1.82) is 0 Å². The number of carbonyl (C=O) groups excluding carboxylic acids is 1. The van der Waals surface area contributed by atoms with E-state index in [1.54, 1.807) is 24.3 Å². The molecule has 1 fully saturated rings. The van der Waals surface area contributed by atoms with Crippen LogP contribution in [0.3, 0.4) is 0 Å². The normalized spacial score (nSPS) is 15.8. The Hall–Kier alpha value is -2.38. The Morgan fingerprint density at radius 1 is 1.00 bits per heavy atom. The second-order valence-electron chi connectivity index (χ2n) is 7.67. The summed E-state index contributed by atoms with van der Waals surface area (Å²) < 4.78 is 32.6. The summed E-state index contributed by atoms with van der Waals surface area (Å²) in [6.07, 6.45) is 1.17. The van der Waals surface area contributed by atoms with Gasteiger partial charge in [0.2, 0.25) is 10.0 Å². The van der Waals surface area contributed by atoms with Crippen LogP contribution >= 0.6 is 0 Å². The van der Waals surface area contributed by atoms with E-state index in [-0.39, 0.29) is 18.6 Å². The number of aryl methyl sites for hydroxylation is 3. The highest BCUT2D eigenvalue weighted by Gasteiger charge is 2.29. The summed E-state index contributed by atoms with van der Waals surface area (Å²) >= 11 is 0. The lowest BCUT2D eigenvalue weighted by atomic mass is 10.1. The fourth-order valence-electron chi connectivity index (χ4n) is 3.53. The maximum absolute atomic E-state index is 12.8. The van der Waals surface area contributed by atoms with Crippen molar-refractivity contribution < 1.29 is 17.9 Å². The number of amides is 1. The summed E-state index contributed by atoms with van der Waals surface area (Å²) in [6, 6.07) is 12.7. The van der Waals surface area contributed by atoms with Gasteiger partial charge in [-0.2, -0.15) is 4.31 Å². The first-order valence-corrected chi connectivity index (χ1v) is 11.3. The molecule has 1 amide bonds. The molecule has 0 bridgehead atoms. The van der Waals surface area contributed by atoms with Crippen LogP contribution in [0.25, 0.3) is 0 Å². The van der Waals surface area contributed by atoms with Crippen LogP contribution < -0.4 is 10.1 Å². The first kappa shape index (κ1) is 21.3. The summed E-state index contributed by atoms with van der Waals surface area (Å²) in [7, 11) is -3.49. The minimum Gasteiger partial charge on any atom is -0.484 e. The van der Waals surface area contributed by atoms with Crippen molar-refractivity contribution in [1.82, 2.24) is 9.62 Å². The number of ether oxygens (including phenoxy) is 1. The maximum atomic E-state index is 12.8. The lowest BCUT2D eigenvalue weighted by molar-refractivity contribution is -0.124. The number of nitrogens with one attached hydrogen (secondary N) is 1. The van der Waals surface area contributed by atoms with Crippen molar-refractivity contribution in [3.8, 4) is 5.75 Å². The van der Waals surface area contributed by atoms with E-state index in [1.807, 2.05) is 39.0 Å². The Kier molecular flexibility index (Phi) is 6.59. The number of sulfonamides is 1. The quantitative estimate of drug-likeness (QED) is 0.786. The number of benzene rings is 2. The predicted octanol–water partition coefficient (Wildman–Crippen LogP) is 2.96. The summed E-state index contributed by atoms with van der Waals surface area (Å²) in [6.45, 7) is 6.62. The molecule has 0 aromatic heterocycles. The molecule has 1 aliphatic rings. The maximum Gasteiger partial charge on any atom is 0.258 e. The van der Waals surface area contributed by atoms with Crippen LogP contribution in [0.4, 0.5) is 0 Å². The number of hydrogen-bond donors (Lipinski definition) is 1. The predicted molar refractivity (Wildman–Crippen MR) is 113 cm³/mol. The molecule has 0 saturated carbocycles. The second kappa shape index (κ2) is 8.97. The third kappa shape index (κ3) is 5.58. The zero-order valence-corrected chi connectivity index (χ0v) is 18.0. The van der Waals surface area contributed by atoms with Crippen molar-refractivity contribution in [2.45, 2.75) is 44.6 Å². The van der Waals surface area contributed by atoms with Crippen LogP contribution in [-0.4, -0.2) is 44.4 Å². The van der Waals surface area contributed by atoms with E-state index in [1.165, 1.54) is 4.31 Å². The van der Waals surface area contributed by atoms with E-state index >= 15 is 0 Å². The van der Waals surface area contributed by atoms with Crippen LogP contribution in [0, 0.1) is 20.8 Å². The highest BCUT2D eigenvalue weighted by molar-refractivity contribution is 7.89. The summed E-state index contributed by atoms with van der Waals surface area (Å²) in [4.78, 5) is 12.5. The van der Waals surface area contributed by atoms with Gasteiger partial charge in [-0.05, 0) is 69.0 Å². The van der Waals surface area contributed by atoms with Gasteiger partial charge in [0.25, 0.3) is 5.91 Å². The molecule has 0 atom stereocenters. The molecule has 1 aliphatic heterocycles. The number of piperidine rings is 1. The van der Waals surface area contributed by atoms with Gasteiger partial charge in [-0.25, -0.2) is 8.42 Å². The van der Waals surface area contributed by atoms with Crippen LogP contribution in [-0.2, 0) is 14.8 Å². The SMILES string of the molecule is Cc1ccc(S(=O)(=O)N2CCC(NC(=O)COc3cc(C)cc(C)c3)CC2)cc1. The first-order chi connectivity index (χ1) is 13.7. The number of nitrogens with zero attached hydrogens (tertiary/aromatic N) is 1. The molecule has 2 aromatic rings. The van der Waals surface area contributed by atoms with Gasteiger partial charge in [-0.15, -0.1) is 0 Å². The molecule has 0 aliphatic carbocycles. The molecule has 29 heavy (non-hydrogen) atoms. The van der Waals surface area contributed by atoms with Crippen molar-refractivity contribution >= 4 is 15.9 Å². The van der Waals surface area contributed by atoms with Crippen molar-refractivity contribution in [3.63, 3.8) is 0 Å². The van der Waals surface area contributed by atoms with Gasteiger partial charge in [0.1, 0.15) is 5.75 Å². The molecule has 7 heteroatoms. The van der Waals surface area contributed by atoms with E-state index in [2.05, 4.69) is 5.32 Å². The van der Waals surface area contributed by atoms with Gasteiger partial charge in [0.05, 0.1) is 4.90 Å². The Balaban J connectivity index is 1.49. The molecule has 1 heterocycles. The minimum absolute atomic E-state index is 0.0465. The van der Waals surface area contributed by atoms with E-state index in [0.717, 1.165) is 16.7 Å². The summed E-state index contributed by atoms with van der Waals surface area (Å²) in [5, 5.41) is 2.95. The van der Waals surface area contributed by atoms with E-state index in [0.29, 0.717) is 36.6 Å². The van der Waals surface area contributed by atoms with Crippen LogP contribution in [0.2, 0.25) is 0 Å². The fourth-order valence-corrected chi connectivity index (χ4v) is 5.00. The summed E-state index contributed by atoms with van der Waals surface area (Å²) in [5.74, 6) is 0.487. The lowest BCUT2D eigenvalue weighted by Gasteiger charge is -2.31. The molecule has 1 N–H and O–H groups in total. The largest absolute Gasteiger partial charge is 0.484 e. The molecule has 156 valence electrons. The topological polar surface area (TPSA) is 75.7 Å². The van der Waals surface area contributed by atoms with Crippen molar-refractivity contribution in [2.24, 2.45) is 0 Å². The highest BCUT2D eigenvalue weighted by atomic mass is 32.2. The average Bonchev–Trinajstić information content (AvgIpc) is 2.66. The zero-order chi connectivity index (χ0) is 21.0. The Bertz CT molecular complexity index is 943. The molecule has 3 rings (SSSR count).